The summed E-state index contributed by atoms with van der Waals surface area (Å²) in [5, 5.41) is 9.56. The quantitative estimate of drug-likeness (QED) is 0.905. The average Bonchev–Trinajstić information content (AvgIpc) is 2.80. The third-order valence-corrected chi connectivity index (χ3v) is 4.22. The Morgan fingerprint density at radius 3 is 2.30 bits per heavy atom. The summed E-state index contributed by atoms with van der Waals surface area (Å²) >= 11 is 0. The van der Waals surface area contributed by atoms with Gasteiger partial charge in [0.25, 0.3) is 0 Å². The molecule has 108 valence electrons. The molecule has 1 N–H and O–H groups in total. The number of hydrogen-bond donors (Lipinski definition) is 1. The molecule has 1 saturated carbocycles. The highest BCUT2D eigenvalue weighted by atomic mass is 19.1. The largest absolute Gasteiger partial charge is 0.490 e. The topological polar surface area (TPSA) is 55.8 Å². The van der Waals surface area contributed by atoms with Gasteiger partial charge in [-0.25, -0.2) is 4.39 Å². The van der Waals surface area contributed by atoms with Crippen LogP contribution in [0.5, 0.6) is 11.5 Å². The third kappa shape index (κ3) is 2.01. The second-order valence-corrected chi connectivity index (χ2v) is 5.42. The maximum Gasteiger partial charge on any atom is 0.314 e. The number of aliphatic carboxylic acids is 1. The van der Waals surface area contributed by atoms with Crippen LogP contribution in [-0.4, -0.2) is 24.3 Å². The summed E-state index contributed by atoms with van der Waals surface area (Å²) in [6.07, 6.45) is 3.29. The number of halogens is 1. The molecule has 0 radical (unpaired) electrons. The number of ether oxygens (including phenoxy) is 2. The van der Waals surface area contributed by atoms with Crippen LogP contribution in [0.25, 0.3) is 0 Å². The van der Waals surface area contributed by atoms with Crippen molar-refractivity contribution in [1.82, 2.24) is 0 Å². The maximum absolute atomic E-state index is 14.4. The number of carboxylic acid groups (broad SMARTS) is 1. The molecule has 20 heavy (non-hydrogen) atoms. The molecule has 1 aromatic carbocycles. The van der Waals surface area contributed by atoms with Crippen molar-refractivity contribution in [1.29, 1.82) is 0 Å². The van der Waals surface area contributed by atoms with Crippen molar-refractivity contribution in [3.05, 3.63) is 23.5 Å². The number of carboxylic acids is 1. The molecule has 1 heterocycles. The first-order valence-corrected chi connectivity index (χ1v) is 6.96. The predicted molar refractivity (Wildman–Crippen MR) is 69.8 cm³/mol. The lowest BCUT2D eigenvalue weighted by atomic mass is 9.78. The fourth-order valence-electron chi connectivity index (χ4n) is 3.13. The van der Waals surface area contributed by atoms with Crippen LogP contribution in [0.3, 0.4) is 0 Å². The SMILES string of the molecule is O=C(O)C1(c2cc3c(cc2F)OCCCO3)CCCC1. The van der Waals surface area contributed by atoms with E-state index in [1.807, 2.05) is 0 Å². The van der Waals surface area contributed by atoms with Crippen LogP contribution in [0.4, 0.5) is 4.39 Å². The summed E-state index contributed by atoms with van der Waals surface area (Å²) in [6, 6.07) is 2.79. The van der Waals surface area contributed by atoms with Gasteiger partial charge < -0.3 is 14.6 Å². The summed E-state index contributed by atoms with van der Waals surface area (Å²) in [7, 11) is 0. The Kier molecular flexibility index (Phi) is 3.28. The number of hydrogen-bond acceptors (Lipinski definition) is 3. The Labute approximate surface area is 116 Å². The van der Waals surface area contributed by atoms with E-state index in [-0.39, 0.29) is 5.56 Å². The molecule has 0 unspecified atom stereocenters. The summed E-state index contributed by atoms with van der Waals surface area (Å²) in [5.41, 5.74) is -0.888. The Morgan fingerprint density at radius 1 is 1.10 bits per heavy atom. The first-order valence-electron chi connectivity index (χ1n) is 6.96. The van der Waals surface area contributed by atoms with Crippen LogP contribution in [-0.2, 0) is 10.2 Å². The van der Waals surface area contributed by atoms with E-state index in [0.29, 0.717) is 37.6 Å². The van der Waals surface area contributed by atoms with Crippen molar-refractivity contribution in [3.63, 3.8) is 0 Å². The standard InChI is InChI=1S/C15H17FO4/c16-11-9-13-12(19-6-3-7-20-13)8-10(11)15(14(17)18)4-1-2-5-15/h8-9H,1-7H2,(H,17,18). The molecule has 1 aliphatic carbocycles. The minimum atomic E-state index is -1.12. The van der Waals surface area contributed by atoms with Gasteiger partial charge in [0.15, 0.2) is 11.5 Å². The van der Waals surface area contributed by atoms with E-state index < -0.39 is 17.2 Å². The highest BCUT2D eigenvalue weighted by Crippen LogP contribution is 2.45. The van der Waals surface area contributed by atoms with Crippen molar-refractivity contribution >= 4 is 5.97 Å². The van der Waals surface area contributed by atoms with Gasteiger partial charge in [-0.2, -0.15) is 0 Å². The minimum absolute atomic E-state index is 0.228. The van der Waals surface area contributed by atoms with E-state index in [4.69, 9.17) is 9.47 Å². The van der Waals surface area contributed by atoms with Crippen LogP contribution >= 0.6 is 0 Å². The number of fused-ring (bicyclic) bond motifs is 1. The second-order valence-electron chi connectivity index (χ2n) is 5.42. The summed E-state index contributed by atoms with van der Waals surface area (Å²) in [6.45, 7) is 0.980. The van der Waals surface area contributed by atoms with E-state index in [1.165, 1.54) is 12.1 Å². The molecular weight excluding hydrogens is 263 g/mol. The Morgan fingerprint density at radius 2 is 1.70 bits per heavy atom. The zero-order valence-electron chi connectivity index (χ0n) is 11.2. The Balaban J connectivity index is 2.09. The van der Waals surface area contributed by atoms with E-state index in [0.717, 1.165) is 19.3 Å². The van der Waals surface area contributed by atoms with Crippen molar-refractivity contribution < 1.29 is 23.8 Å². The van der Waals surface area contributed by atoms with Gasteiger partial charge >= 0.3 is 5.97 Å². The molecule has 2 aliphatic rings. The highest BCUT2D eigenvalue weighted by Gasteiger charge is 2.45. The molecule has 4 nitrogen and oxygen atoms in total. The lowest BCUT2D eigenvalue weighted by Crippen LogP contribution is -2.33. The van der Waals surface area contributed by atoms with Crippen molar-refractivity contribution in [2.75, 3.05) is 13.2 Å². The summed E-state index contributed by atoms with van der Waals surface area (Å²) in [4.78, 5) is 11.7. The molecule has 1 fully saturated rings. The molecule has 1 aromatic rings. The second kappa shape index (κ2) is 4.96. The highest BCUT2D eigenvalue weighted by molar-refractivity contribution is 5.82. The van der Waals surface area contributed by atoms with Crippen molar-refractivity contribution in [2.45, 2.75) is 37.5 Å². The first-order chi connectivity index (χ1) is 9.63. The molecule has 0 aromatic heterocycles. The van der Waals surface area contributed by atoms with Crippen molar-refractivity contribution in [2.24, 2.45) is 0 Å². The summed E-state index contributed by atoms with van der Waals surface area (Å²) in [5.74, 6) is -0.657. The predicted octanol–water partition coefficient (Wildman–Crippen LogP) is 2.88. The molecule has 0 atom stereocenters. The smallest absolute Gasteiger partial charge is 0.314 e. The van der Waals surface area contributed by atoms with Gasteiger partial charge in [-0.05, 0) is 18.9 Å². The molecule has 0 bridgehead atoms. The number of benzene rings is 1. The van der Waals surface area contributed by atoms with E-state index in [1.54, 1.807) is 0 Å². The van der Waals surface area contributed by atoms with E-state index in [9.17, 15) is 14.3 Å². The van der Waals surface area contributed by atoms with Gasteiger partial charge in [-0.1, -0.05) is 12.8 Å². The van der Waals surface area contributed by atoms with Gasteiger partial charge in [0.1, 0.15) is 5.82 Å². The van der Waals surface area contributed by atoms with Crippen molar-refractivity contribution in [3.8, 4) is 11.5 Å². The maximum atomic E-state index is 14.4. The van der Waals surface area contributed by atoms with Gasteiger partial charge in [0.05, 0.1) is 18.6 Å². The lowest BCUT2D eigenvalue weighted by molar-refractivity contribution is -0.143. The normalized spacial score (nSPS) is 20.4. The van der Waals surface area contributed by atoms with Gasteiger partial charge in [-0.15, -0.1) is 0 Å². The van der Waals surface area contributed by atoms with E-state index >= 15 is 0 Å². The zero-order valence-corrected chi connectivity index (χ0v) is 11.2. The Bertz CT molecular complexity index is 535. The van der Waals surface area contributed by atoms with Crippen LogP contribution in [0, 0.1) is 5.82 Å². The number of rotatable bonds is 2. The van der Waals surface area contributed by atoms with Crippen LogP contribution in [0.1, 0.15) is 37.7 Å². The average molecular weight is 280 g/mol. The van der Waals surface area contributed by atoms with Crippen LogP contribution < -0.4 is 9.47 Å². The van der Waals surface area contributed by atoms with Gasteiger partial charge in [0.2, 0.25) is 0 Å². The molecule has 0 spiro atoms. The fraction of sp³-hybridized carbons (Fsp3) is 0.533. The molecule has 0 saturated heterocycles. The van der Waals surface area contributed by atoms with Gasteiger partial charge in [0, 0.05) is 18.1 Å². The van der Waals surface area contributed by atoms with Gasteiger partial charge in [-0.3, -0.25) is 4.79 Å². The monoisotopic (exact) mass is 280 g/mol. The lowest BCUT2D eigenvalue weighted by Gasteiger charge is -2.25. The zero-order chi connectivity index (χ0) is 14.2. The van der Waals surface area contributed by atoms with Crippen LogP contribution in [0.2, 0.25) is 0 Å². The Hall–Kier alpha value is -1.78. The minimum Gasteiger partial charge on any atom is -0.490 e. The third-order valence-electron chi connectivity index (χ3n) is 4.22. The first kappa shape index (κ1) is 13.2. The summed E-state index contributed by atoms with van der Waals surface area (Å²) < 4.78 is 25.3. The molecule has 0 amide bonds. The van der Waals surface area contributed by atoms with E-state index in [2.05, 4.69) is 0 Å². The number of carbonyl (C=O) groups is 1. The van der Waals surface area contributed by atoms with Crippen LogP contribution in [0.15, 0.2) is 12.1 Å². The molecule has 3 rings (SSSR count). The fourth-order valence-corrected chi connectivity index (χ4v) is 3.13. The molecule has 5 heteroatoms. The molecule has 1 aliphatic heterocycles. The molecular formula is C15H17FO4.